The molecule has 22 heavy (non-hydrogen) atoms. The first-order valence-electron chi connectivity index (χ1n) is 7.54. The summed E-state index contributed by atoms with van der Waals surface area (Å²) in [6, 6.07) is 7.27. The van der Waals surface area contributed by atoms with E-state index >= 15 is 0 Å². The molecule has 0 aliphatic carbocycles. The standard InChI is InChI=1S/C17H25NO4/c1-12(2)14-7-4-13(5-8-14)6-9-16(19)18-15(17(20)21)10-11-22-3/h4-5,7-8,12,15H,6,9-11H2,1-3H3,(H,18,19)(H,20,21). The van der Waals surface area contributed by atoms with Crippen LogP contribution in [0.2, 0.25) is 0 Å². The number of aliphatic carboxylic acids is 1. The number of carbonyl (C=O) groups is 2. The molecule has 1 unspecified atom stereocenters. The number of benzene rings is 1. The molecule has 0 fully saturated rings. The van der Waals surface area contributed by atoms with Crippen LogP contribution in [0.4, 0.5) is 0 Å². The maximum Gasteiger partial charge on any atom is 0.326 e. The highest BCUT2D eigenvalue weighted by atomic mass is 16.5. The van der Waals surface area contributed by atoms with Gasteiger partial charge < -0.3 is 15.2 Å². The molecular weight excluding hydrogens is 282 g/mol. The van der Waals surface area contributed by atoms with Gasteiger partial charge in [-0.1, -0.05) is 38.1 Å². The Hall–Kier alpha value is -1.88. The van der Waals surface area contributed by atoms with Crippen molar-refractivity contribution >= 4 is 11.9 Å². The zero-order valence-electron chi connectivity index (χ0n) is 13.5. The Morgan fingerprint density at radius 3 is 2.36 bits per heavy atom. The summed E-state index contributed by atoms with van der Waals surface area (Å²) in [7, 11) is 1.50. The number of nitrogens with one attached hydrogen (secondary N) is 1. The van der Waals surface area contributed by atoms with Crippen LogP contribution in [0.15, 0.2) is 24.3 Å². The number of carboxylic acids is 1. The van der Waals surface area contributed by atoms with E-state index in [2.05, 4.69) is 31.3 Å². The molecule has 0 heterocycles. The van der Waals surface area contributed by atoms with Gasteiger partial charge in [-0.05, 0) is 23.5 Å². The van der Waals surface area contributed by atoms with Gasteiger partial charge in [0.05, 0.1) is 0 Å². The van der Waals surface area contributed by atoms with Crippen LogP contribution in [0.1, 0.15) is 43.7 Å². The monoisotopic (exact) mass is 307 g/mol. The smallest absolute Gasteiger partial charge is 0.326 e. The number of aryl methyl sites for hydroxylation is 1. The number of hydrogen-bond acceptors (Lipinski definition) is 3. The molecule has 0 saturated heterocycles. The van der Waals surface area contributed by atoms with Crippen LogP contribution < -0.4 is 5.32 Å². The fourth-order valence-electron chi connectivity index (χ4n) is 2.09. The summed E-state index contributed by atoms with van der Waals surface area (Å²) in [6.07, 6.45) is 1.14. The van der Waals surface area contributed by atoms with Crippen molar-refractivity contribution in [2.75, 3.05) is 13.7 Å². The average molecular weight is 307 g/mol. The van der Waals surface area contributed by atoms with Crippen molar-refractivity contribution in [2.24, 2.45) is 0 Å². The predicted octanol–water partition coefficient (Wildman–Crippen LogP) is 2.35. The first-order chi connectivity index (χ1) is 10.4. The van der Waals surface area contributed by atoms with Gasteiger partial charge in [0.2, 0.25) is 5.91 Å². The van der Waals surface area contributed by atoms with Gasteiger partial charge in [0.15, 0.2) is 0 Å². The lowest BCUT2D eigenvalue weighted by molar-refractivity contribution is -0.142. The lowest BCUT2D eigenvalue weighted by Gasteiger charge is -2.14. The summed E-state index contributed by atoms with van der Waals surface area (Å²) in [5.41, 5.74) is 2.34. The summed E-state index contributed by atoms with van der Waals surface area (Å²) >= 11 is 0. The van der Waals surface area contributed by atoms with E-state index in [1.54, 1.807) is 0 Å². The third-order valence-electron chi connectivity index (χ3n) is 3.53. The van der Waals surface area contributed by atoms with Crippen LogP contribution in [0.5, 0.6) is 0 Å². The molecule has 0 saturated carbocycles. The molecule has 2 N–H and O–H groups in total. The highest BCUT2D eigenvalue weighted by molar-refractivity contribution is 5.83. The van der Waals surface area contributed by atoms with Crippen LogP contribution >= 0.6 is 0 Å². The van der Waals surface area contributed by atoms with E-state index in [4.69, 9.17) is 9.84 Å². The van der Waals surface area contributed by atoms with E-state index in [0.717, 1.165) is 5.56 Å². The summed E-state index contributed by atoms with van der Waals surface area (Å²) in [4.78, 5) is 22.9. The van der Waals surface area contributed by atoms with Crippen molar-refractivity contribution in [2.45, 2.75) is 45.1 Å². The lowest BCUT2D eigenvalue weighted by atomic mass is 10.0. The number of methoxy groups -OCH3 is 1. The SMILES string of the molecule is COCCC(NC(=O)CCc1ccc(C(C)C)cc1)C(=O)O. The molecule has 1 amide bonds. The number of amides is 1. The molecule has 0 aliphatic rings. The highest BCUT2D eigenvalue weighted by Gasteiger charge is 2.19. The molecule has 0 radical (unpaired) electrons. The molecule has 0 aliphatic heterocycles. The van der Waals surface area contributed by atoms with E-state index in [0.29, 0.717) is 18.9 Å². The van der Waals surface area contributed by atoms with Crippen LogP contribution in [0.3, 0.4) is 0 Å². The zero-order chi connectivity index (χ0) is 16.5. The Morgan fingerprint density at radius 1 is 1.23 bits per heavy atom. The normalized spacial score (nSPS) is 12.2. The summed E-state index contributed by atoms with van der Waals surface area (Å²) in [6.45, 7) is 4.57. The molecule has 5 heteroatoms. The van der Waals surface area contributed by atoms with E-state index in [1.807, 2.05) is 12.1 Å². The van der Waals surface area contributed by atoms with E-state index < -0.39 is 12.0 Å². The molecule has 0 aromatic heterocycles. The van der Waals surface area contributed by atoms with Gasteiger partial charge in [0, 0.05) is 26.6 Å². The molecule has 1 aromatic carbocycles. The minimum Gasteiger partial charge on any atom is -0.480 e. The lowest BCUT2D eigenvalue weighted by Crippen LogP contribution is -2.41. The Kier molecular flexibility index (Phi) is 7.60. The van der Waals surface area contributed by atoms with Gasteiger partial charge in [0.1, 0.15) is 6.04 Å². The van der Waals surface area contributed by atoms with E-state index in [-0.39, 0.29) is 18.7 Å². The number of carboxylic acid groups (broad SMARTS) is 1. The number of rotatable bonds is 9. The average Bonchev–Trinajstić information content (AvgIpc) is 2.49. The third-order valence-corrected chi connectivity index (χ3v) is 3.53. The van der Waals surface area contributed by atoms with Crippen molar-refractivity contribution in [3.8, 4) is 0 Å². The zero-order valence-corrected chi connectivity index (χ0v) is 13.5. The van der Waals surface area contributed by atoms with Crippen LogP contribution in [-0.4, -0.2) is 36.7 Å². The van der Waals surface area contributed by atoms with Crippen molar-refractivity contribution in [1.29, 1.82) is 0 Å². The van der Waals surface area contributed by atoms with Crippen molar-refractivity contribution < 1.29 is 19.4 Å². The molecule has 5 nitrogen and oxygen atoms in total. The molecule has 0 spiro atoms. The second-order valence-electron chi connectivity index (χ2n) is 5.64. The molecule has 1 rings (SSSR count). The van der Waals surface area contributed by atoms with Crippen molar-refractivity contribution in [3.05, 3.63) is 35.4 Å². The number of carbonyl (C=O) groups excluding carboxylic acids is 1. The Bertz CT molecular complexity index is 482. The number of hydrogen-bond donors (Lipinski definition) is 2. The van der Waals surface area contributed by atoms with Crippen LogP contribution in [0, 0.1) is 0 Å². The van der Waals surface area contributed by atoms with Crippen LogP contribution in [0.25, 0.3) is 0 Å². The van der Waals surface area contributed by atoms with E-state index in [9.17, 15) is 9.59 Å². The first-order valence-corrected chi connectivity index (χ1v) is 7.54. The summed E-state index contributed by atoms with van der Waals surface area (Å²) in [5, 5.41) is 11.6. The molecule has 1 aromatic rings. The Balaban J connectivity index is 2.45. The second kappa shape index (κ2) is 9.20. The van der Waals surface area contributed by atoms with Crippen LogP contribution in [-0.2, 0) is 20.7 Å². The molecule has 0 bridgehead atoms. The van der Waals surface area contributed by atoms with Crippen molar-refractivity contribution in [1.82, 2.24) is 5.32 Å². The van der Waals surface area contributed by atoms with Gasteiger partial charge in [0.25, 0.3) is 0 Å². The van der Waals surface area contributed by atoms with Gasteiger partial charge in [-0.25, -0.2) is 4.79 Å². The Labute approximate surface area is 131 Å². The van der Waals surface area contributed by atoms with Gasteiger partial charge in [-0.2, -0.15) is 0 Å². The minimum absolute atomic E-state index is 0.253. The second-order valence-corrected chi connectivity index (χ2v) is 5.64. The first kappa shape index (κ1) is 18.2. The largest absolute Gasteiger partial charge is 0.480 e. The number of ether oxygens (including phenoxy) is 1. The van der Waals surface area contributed by atoms with Gasteiger partial charge in [-0.3, -0.25) is 4.79 Å². The molecule has 1 atom stereocenters. The fraction of sp³-hybridized carbons (Fsp3) is 0.529. The Morgan fingerprint density at radius 2 is 1.86 bits per heavy atom. The third kappa shape index (κ3) is 6.26. The quantitative estimate of drug-likeness (QED) is 0.734. The summed E-state index contributed by atoms with van der Waals surface area (Å²) in [5.74, 6) is -0.808. The van der Waals surface area contributed by atoms with Gasteiger partial charge >= 0.3 is 5.97 Å². The summed E-state index contributed by atoms with van der Waals surface area (Å²) < 4.78 is 4.85. The minimum atomic E-state index is -1.04. The highest BCUT2D eigenvalue weighted by Crippen LogP contribution is 2.15. The molecule has 122 valence electrons. The molecular formula is C17H25NO4. The van der Waals surface area contributed by atoms with Gasteiger partial charge in [-0.15, -0.1) is 0 Å². The maximum absolute atomic E-state index is 11.9. The predicted molar refractivity (Wildman–Crippen MR) is 84.9 cm³/mol. The van der Waals surface area contributed by atoms with E-state index in [1.165, 1.54) is 12.7 Å². The topological polar surface area (TPSA) is 75.6 Å². The maximum atomic E-state index is 11.9. The fourth-order valence-corrected chi connectivity index (χ4v) is 2.09. The van der Waals surface area contributed by atoms with Crippen molar-refractivity contribution in [3.63, 3.8) is 0 Å².